The topological polar surface area (TPSA) is 55.1 Å². The van der Waals surface area contributed by atoms with Gasteiger partial charge in [0, 0.05) is 0 Å². The summed E-state index contributed by atoms with van der Waals surface area (Å²) in [6.07, 6.45) is 0. The summed E-state index contributed by atoms with van der Waals surface area (Å²) in [6.45, 7) is 1.70. The van der Waals surface area contributed by atoms with Crippen molar-refractivity contribution in [2.24, 2.45) is 5.84 Å². The molecule has 0 bridgehead atoms. The van der Waals surface area contributed by atoms with Gasteiger partial charge in [-0.05, 0) is 6.92 Å². The van der Waals surface area contributed by atoms with Crippen molar-refractivity contribution in [3.8, 4) is 0 Å². The molecule has 3 N–H and O–H groups in total. The highest BCUT2D eigenvalue weighted by Gasteiger charge is 2.03. The van der Waals surface area contributed by atoms with Crippen molar-refractivity contribution < 1.29 is 4.79 Å². The van der Waals surface area contributed by atoms with Crippen LogP contribution in [0.3, 0.4) is 0 Å². The molecule has 0 spiro atoms. The highest BCUT2D eigenvalue weighted by molar-refractivity contribution is 9.10. The second-order valence-electron chi connectivity index (χ2n) is 1.12. The van der Waals surface area contributed by atoms with Gasteiger partial charge in [0.1, 0.15) is 0 Å². The molecule has 0 aliphatic heterocycles. The third-order valence-corrected chi connectivity index (χ3v) is 0.919. The third kappa shape index (κ3) is 2.59. The predicted molar refractivity (Wildman–Crippen MR) is 30.7 cm³/mol. The summed E-state index contributed by atoms with van der Waals surface area (Å²) < 4.78 is 0. The molecular weight excluding hydrogens is 160 g/mol. The zero-order valence-corrected chi connectivity index (χ0v) is 5.53. The van der Waals surface area contributed by atoms with Gasteiger partial charge in [-0.3, -0.25) is 10.2 Å². The fourth-order valence-corrected chi connectivity index (χ4v) is 0.247. The van der Waals surface area contributed by atoms with Crippen molar-refractivity contribution in [1.29, 1.82) is 0 Å². The molecule has 0 saturated carbocycles. The van der Waals surface area contributed by atoms with Crippen molar-refractivity contribution in [3.63, 3.8) is 0 Å². The van der Waals surface area contributed by atoms with E-state index < -0.39 is 0 Å². The Morgan fingerprint density at radius 1 is 2.00 bits per heavy atom. The first-order valence-corrected chi connectivity index (χ1v) is 2.74. The highest BCUT2D eigenvalue weighted by Crippen LogP contribution is 1.93. The average Bonchev–Trinajstić information content (AvgIpc) is 1.65. The van der Waals surface area contributed by atoms with Crippen LogP contribution >= 0.6 is 15.9 Å². The summed E-state index contributed by atoms with van der Waals surface area (Å²) in [4.78, 5) is 10.0. The number of carbonyl (C=O) groups excluding carboxylic acids is 1. The number of nitrogens with one attached hydrogen (secondary N) is 1. The van der Waals surface area contributed by atoms with Gasteiger partial charge in [0.05, 0.1) is 4.83 Å². The van der Waals surface area contributed by atoms with Crippen molar-refractivity contribution in [3.05, 3.63) is 0 Å². The van der Waals surface area contributed by atoms with Crippen LogP contribution in [-0.2, 0) is 4.79 Å². The van der Waals surface area contributed by atoms with Crippen LogP contribution in [0.1, 0.15) is 6.92 Å². The molecule has 0 aromatic carbocycles. The summed E-state index contributed by atoms with van der Waals surface area (Å²) in [5.74, 6) is 4.54. The number of rotatable bonds is 1. The van der Waals surface area contributed by atoms with Gasteiger partial charge >= 0.3 is 0 Å². The molecule has 7 heavy (non-hydrogen) atoms. The number of alkyl halides is 1. The Morgan fingerprint density at radius 2 is 2.43 bits per heavy atom. The van der Waals surface area contributed by atoms with Gasteiger partial charge in [-0.25, -0.2) is 5.84 Å². The number of nitrogens with two attached hydrogens (primary N) is 1. The summed E-state index contributed by atoms with van der Waals surface area (Å²) in [5, 5.41) is 0. The Bertz CT molecular complexity index is 73.3. The van der Waals surface area contributed by atoms with Gasteiger partial charge in [-0.1, -0.05) is 15.9 Å². The van der Waals surface area contributed by atoms with Gasteiger partial charge in [0.2, 0.25) is 5.91 Å². The molecule has 0 aromatic heterocycles. The van der Waals surface area contributed by atoms with Gasteiger partial charge in [0.15, 0.2) is 0 Å². The molecule has 1 atom stereocenters. The first-order chi connectivity index (χ1) is 3.18. The normalized spacial score (nSPS) is 13.0. The van der Waals surface area contributed by atoms with E-state index in [4.69, 9.17) is 5.84 Å². The second kappa shape index (κ2) is 2.98. The SMILES string of the molecule is C[C@@H](Br)C(=O)NN. The number of halogens is 1. The van der Waals surface area contributed by atoms with E-state index >= 15 is 0 Å². The maximum atomic E-state index is 10.2. The maximum absolute atomic E-state index is 10.2. The second-order valence-corrected chi connectivity index (χ2v) is 2.50. The summed E-state index contributed by atoms with van der Waals surface area (Å²) in [5.41, 5.74) is 1.98. The van der Waals surface area contributed by atoms with E-state index in [1.807, 2.05) is 5.43 Å². The lowest BCUT2D eigenvalue weighted by Crippen LogP contribution is -2.34. The molecule has 0 radical (unpaired) electrons. The number of carbonyl (C=O) groups is 1. The molecule has 4 heteroatoms. The Morgan fingerprint density at radius 3 is 2.43 bits per heavy atom. The zero-order valence-electron chi connectivity index (χ0n) is 3.94. The summed E-state index contributed by atoms with van der Waals surface area (Å²) >= 11 is 3.01. The van der Waals surface area contributed by atoms with Crippen molar-refractivity contribution in [1.82, 2.24) is 5.43 Å². The Hall–Kier alpha value is -0.0900. The fraction of sp³-hybridized carbons (Fsp3) is 0.667. The molecule has 1 amide bonds. The smallest absolute Gasteiger partial charge is 0.247 e. The van der Waals surface area contributed by atoms with Gasteiger partial charge in [-0.15, -0.1) is 0 Å². The van der Waals surface area contributed by atoms with Crippen molar-refractivity contribution in [2.45, 2.75) is 11.8 Å². The molecule has 0 fully saturated rings. The quantitative estimate of drug-likeness (QED) is 0.245. The van der Waals surface area contributed by atoms with Crippen LogP contribution in [0.15, 0.2) is 0 Å². The first kappa shape index (κ1) is 6.91. The van der Waals surface area contributed by atoms with Crippen LogP contribution < -0.4 is 11.3 Å². The molecule has 0 saturated heterocycles. The van der Waals surface area contributed by atoms with Gasteiger partial charge < -0.3 is 0 Å². The number of hydrogen-bond donors (Lipinski definition) is 2. The molecular formula is C3H7BrN2O. The lowest BCUT2D eigenvalue weighted by molar-refractivity contribution is -0.120. The van der Waals surface area contributed by atoms with E-state index in [1.54, 1.807) is 6.92 Å². The summed E-state index contributed by atoms with van der Waals surface area (Å²) in [7, 11) is 0. The van der Waals surface area contributed by atoms with Gasteiger partial charge in [-0.2, -0.15) is 0 Å². The lowest BCUT2D eigenvalue weighted by Gasteiger charge is -1.96. The third-order valence-electron chi connectivity index (χ3n) is 0.504. The Labute approximate surface area is 50.4 Å². The van der Waals surface area contributed by atoms with Crippen LogP contribution in [0.25, 0.3) is 0 Å². The van der Waals surface area contributed by atoms with E-state index in [1.165, 1.54) is 0 Å². The number of hydrogen-bond acceptors (Lipinski definition) is 2. The molecule has 42 valence electrons. The fourth-order valence-electron chi connectivity index (χ4n) is 0.115. The minimum Gasteiger partial charge on any atom is -0.293 e. The maximum Gasteiger partial charge on any atom is 0.247 e. The Balaban J connectivity index is 3.35. The molecule has 0 aliphatic rings. The van der Waals surface area contributed by atoms with Crippen molar-refractivity contribution in [2.75, 3.05) is 0 Å². The largest absolute Gasteiger partial charge is 0.293 e. The molecule has 0 aromatic rings. The van der Waals surface area contributed by atoms with Crippen molar-refractivity contribution >= 4 is 21.8 Å². The number of amides is 1. The molecule has 0 heterocycles. The minimum absolute atomic E-state index is 0.197. The van der Waals surface area contributed by atoms with E-state index in [0.29, 0.717) is 0 Å². The monoisotopic (exact) mass is 166 g/mol. The average molecular weight is 167 g/mol. The van der Waals surface area contributed by atoms with Crippen LogP contribution in [0.5, 0.6) is 0 Å². The Kier molecular flexibility index (Phi) is 2.95. The van der Waals surface area contributed by atoms with E-state index in [-0.39, 0.29) is 10.7 Å². The lowest BCUT2D eigenvalue weighted by atomic mass is 10.5. The highest BCUT2D eigenvalue weighted by atomic mass is 79.9. The van der Waals surface area contributed by atoms with Crippen LogP contribution in [-0.4, -0.2) is 10.7 Å². The van der Waals surface area contributed by atoms with E-state index in [2.05, 4.69) is 15.9 Å². The van der Waals surface area contributed by atoms with Gasteiger partial charge in [0.25, 0.3) is 0 Å². The summed E-state index contributed by atoms with van der Waals surface area (Å²) in [6, 6.07) is 0. The van der Waals surface area contributed by atoms with Crippen LogP contribution in [0.2, 0.25) is 0 Å². The first-order valence-electron chi connectivity index (χ1n) is 1.83. The molecule has 3 nitrogen and oxygen atoms in total. The molecule has 0 aliphatic carbocycles. The van der Waals surface area contributed by atoms with E-state index in [9.17, 15) is 4.79 Å². The molecule has 0 unspecified atom stereocenters. The number of hydrazine groups is 1. The van der Waals surface area contributed by atoms with Crippen LogP contribution in [0.4, 0.5) is 0 Å². The zero-order chi connectivity index (χ0) is 5.86. The van der Waals surface area contributed by atoms with E-state index in [0.717, 1.165) is 0 Å². The molecule has 0 rings (SSSR count). The standard InChI is InChI=1S/C3H7BrN2O/c1-2(4)3(7)6-5/h2H,5H2,1H3,(H,6,7)/t2-/m1/s1. The van der Waals surface area contributed by atoms with Crippen LogP contribution in [0, 0.1) is 0 Å². The minimum atomic E-state index is -0.208. The predicted octanol–water partition coefficient (Wildman–Crippen LogP) is -0.240.